The van der Waals surface area contributed by atoms with Gasteiger partial charge in [-0.2, -0.15) is 0 Å². The summed E-state index contributed by atoms with van der Waals surface area (Å²) in [6.07, 6.45) is 0.383. The summed E-state index contributed by atoms with van der Waals surface area (Å²) in [7, 11) is 0. The molecule has 0 spiro atoms. The summed E-state index contributed by atoms with van der Waals surface area (Å²) in [6, 6.07) is 6.32. The summed E-state index contributed by atoms with van der Waals surface area (Å²) in [5, 5.41) is 2.81. The van der Waals surface area contributed by atoms with Crippen molar-refractivity contribution in [3.63, 3.8) is 0 Å². The Bertz CT molecular complexity index is 697. The predicted molar refractivity (Wildman–Crippen MR) is 90.5 cm³/mol. The van der Waals surface area contributed by atoms with Crippen LogP contribution in [0, 0.1) is 11.7 Å². The Morgan fingerprint density at radius 3 is 2.81 bits per heavy atom. The third-order valence-electron chi connectivity index (χ3n) is 4.72. The molecule has 3 rings (SSSR count). The molecule has 1 N–H and O–H groups in total. The lowest BCUT2D eigenvalue weighted by atomic mass is 9.96. The molecule has 2 saturated heterocycles. The van der Waals surface area contributed by atoms with Gasteiger partial charge in [-0.25, -0.2) is 9.18 Å². The van der Waals surface area contributed by atoms with Gasteiger partial charge in [0.1, 0.15) is 12.4 Å². The van der Waals surface area contributed by atoms with Gasteiger partial charge in [0.25, 0.3) is 0 Å². The minimum Gasteiger partial charge on any atom is -0.448 e. The van der Waals surface area contributed by atoms with Crippen LogP contribution in [0.25, 0.3) is 0 Å². The number of amides is 3. The number of piperidine rings is 1. The molecule has 1 atom stereocenters. The number of cyclic esters (lactones) is 1. The van der Waals surface area contributed by atoms with Gasteiger partial charge in [-0.3, -0.25) is 9.59 Å². The van der Waals surface area contributed by atoms with Crippen LogP contribution in [0.4, 0.5) is 9.18 Å². The zero-order chi connectivity index (χ0) is 18.5. The number of rotatable bonds is 6. The number of benzene rings is 1. The van der Waals surface area contributed by atoms with Gasteiger partial charge in [-0.15, -0.1) is 0 Å². The van der Waals surface area contributed by atoms with Crippen LogP contribution in [-0.2, 0) is 20.9 Å². The zero-order valence-electron chi connectivity index (χ0n) is 14.4. The summed E-state index contributed by atoms with van der Waals surface area (Å²) < 4.78 is 18.6. The number of nitrogens with zero attached hydrogens (tertiary/aromatic N) is 2. The third kappa shape index (κ3) is 4.30. The number of nitrogens with one attached hydrogen (secondary N) is 1. The normalized spacial score (nSPS) is 20.3. The van der Waals surface area contributed by atoms with E-state index in [-0.39, 0.29) is 49.2 Å². The second kappa shape index (κ2) is 8.16. The van der Waals surface area contributed by atoms with Crippen molar-refractivity contribution >= 4 is 17.9 Å². The zero-order valence-corrected chi connectivity index (χ0v) is 14.4. The van der Waals surface area contributed by atoms with Crippen LogP contribution in [0.2, 0.25) is 0 Å². The fourth-order valence-electron chi connectivity index (χ4n) is 3.20. The first-order valence-electron chi connectivity index (χ1n) is 8.75. The second-order valence-corrected chi connectivity index (χ2v) is 6.49. The maximum absolute atomic E-state index is 13.8. The van der Waals surface area contributed by atoms with E-state index in [1.54, 1.807) is 18.2 Å². The number of likely N-dealkylation sites (tertiary alicyclic amines) is 1. The molecule has 0 bridgehead atoms. The summed E-state index contributed by atoms with van der Waals surface area (Å²) in [6.45, 7) is 2.08. The van der Waals surface area contributed by atoms with E-state index < -0.39 is 0 Å². The standard InChI is InChI=1S/C18H22FN3O4/c19-15-4-2-1-3-13(15)11-22-12-14(5-6-16(22)23)17(24)20-7-8-21-9-10-26-18(21)25/h1-4,14H,5-12H2,(H,20,24)/t14-/m1/s1. The molecule has 3 amide bonds. The molecule has 8 heteroatoms. The molecule has 2 aliphatic rings. The van der Waals surface area contributed by atoms with E-state index in [1.165, 1.54) is 15.9 Å². The van der Waals surface area contributed by atoms with E-state index in [2.05, 4.69) is 5.32 Å². The predicted octanol–water partition coefficient (Wildman–Crippen LogP) is 1.13. The van der Waals surface area contributed by atoms with E-state index in [9.17, 15) is 18.8 Å². The van der Waals surface area contributed by atoms with E-state index in [1.807, 2.05) is 0 Å². The van der Waals surface area contributed by atoms with Gasteiger partial charge in [-0.05, 0) is 12.5 Å². The molecule has 1 aromatic rings. The van der Waals surface area contributed by atoms with Crippen LogP contribution in [-0.4, -0.2) is 60.5 Å². The highest BCUT2D eigenvalue weighted by molar-refractivity contribution is 5.83. The summed E-state index contributed by atoms with van der Waals surface area (Å²) >= 11 is 0. The monoisotopic (exact) mass is 363 g/mol. The lowest BCUT2D eigenvalue weighted by molar-refractivity contribution is -0.138. The average Bonchev–Trinajstić information content (AvgIpc) is 3.03. The van der Waals surface area contributed by atoms with Crippen molar-refractivity contribution in [2.75, 3.05) is 32.8 Å². The SMILES string of the molecule is O=C(NCCN1CCOC1=O)[C@@H]1CCC(=O)N(Cc2ccccc2F)C1. The molecule has 2 fully saturated rings. The Balaban J connectivity index is 1.50. The van der Waals surface area contributed by atoms with E-state index in [0.29, 0.717) is 38.2 Å². The van der Waals surface area contributed by atoms with Crippen LogP contribution >= 0.6 is 0 Å². The lowest BCUT2D eigenvalue weighted by Crippen LogP contribution is -2.46. The Hall–Kier alpha value is -2.64. The summed E-state index contributed by atoms with van der Waals surface area (Å²) in [4.78, 5) is 38.9. The van der Waals surface area contributed by atoms with E-state index in [0.717, 1.165) is 0 Å². The van der Waals surface area contributed by atoms with Gasteiger partial charge >= 0.3 is 6.09 Å². The van der Waals surface area contributed by atoms with Crippen molar-refractivity contribution in [1.82, 2.24) is 15.1 Å². The van der Waals surface area contributed by atoms with Crippen LogP contribution in [0.3, 0.4) is 0 Å². The number of carbonyl (C=O) groups excluding carboxylic acids is 3. The van der Waals surface area contributed by atoms with Crippen LogP contribution in [0.1, 0.15) is 18.4 Å². The maximum atomic E-state index is 13.8. The van der Waals surface area contributed by atoms with Crippen molar-refractivity contribution in [3.8, 4) is 0 Å². The van der Waals surface area contributed by atoms with Crippen molar-refractivity contribution in [1.29, 1.82) is 0 Å². The van der Waals surface area contributed by atoms with Crippen LogP contribution in [0.15, 0.2) is 24.3 Å². The highest BCUT2D eigenvalue weighted by Crippen LogP contribution is 2.21. The largest absolute Gasteiger partial charge is 0.448 e. The first kappa shape index (κ1) is 18.2. The Morgan fingerprint density at radius 2 is 2.08 bits per heavy atom. The number of halogens is 1. The van der Waals surface area contributed by atoms with Gasteiger partial charge in [0, 0.05) is 38.2 Å². The third-order valence-corrected chi connectivity index (χ3v) is 4.72. The Kier molecular flexibility index (Phi) is 5.70. The fraction of sp³-hybridized carbons (Fsp3) is 0.500. The van der Waals surface area contributed by atoms with Gasteiger partial charge < -0.3 is 19.9 Å². The molecule has 7 nitrogen and oxygen atoms in total. The number of hydrogen-bond donors (Lipinski definition) is 1. The Labute approximate surface area is 151 Å². The molecular formula is C18H22FN3O4. The average molecular weight is 363 g/mol. The number of carbonyl (C=O) groups is 3. The molecule has 0 aliphatic carbocycles. The smallest absolute Gasteiger partial charge is 0.409 e. The highest BCUT2D eigenvalue weighted by Gasteiger charge is 2.30. The summed E-state index contributed by atoms with van der Waals surface area (Å²) in [5.74, 6) is -0.907. The first-order valence-corrected chi connectivity index (χ1v) is 8.75. The minimum atomic E-state index is -0.362. The Morgan fingerprint density at radius 1 is 1.27 bits per heavy atom. The lowest BCUT2D eigenvalue weighted by Gasteiger charge is -2.32. The summed E-state index contributed by atoms with van der Waals surface area (Å²) in [5.41, 5.74) is 0.439. The first-order chi connectivity index (χ1) is 12.5. The molecule has 0 aromatic heterocycles. The van der Waals surface area contributed by atoms with Crippen molar-refractivity contribution in [2.45, 2.75) is 19.4 Å². The molecule has 140 valence electrons. The molecule has 26 heavy (non-hydrogen) atoms. The van der Waals surface area contributed by atoms with E-state index in [4.69, 9.17) is 4.74 Å². The molecule has 0 unspecified atom stereocenters. The van der Waals surface area contributed by atoms with Crippen molar-refractivity contribution in [2.24, 2.45) is 5.92 Å². The molecule has 0 radical (unpaired) electrons. The molecule has 2 heterocycles. The molecule has 0 saturated carbocycles. The van der Waals surface area contributed by atoms with Gasteiger partial charge in [0.15, 0.2) is 0 Å². The van der Waals surface area contributed by atoms with Gasteiger partial charge in [0.05, 0.1) is 12.5 Å². The van der Waals surface area contributed by atoms with Crippen LogP contribution in [0.5, 0.6) is 0 Å². The van der Waals surface area contributed by atoms with Crippen molar-refractivity contribution < 1.29 is 23.5 Å². The number of ether oxygens (including phenoxy) is 1. The minimum absolute atomic E-state index is 0.0721. The van der Waals surface area contributed by atoms with Gasteiger partial charge in [0.2, 0.25) is 11.8 Å². The highest BCUT2D eigenvalue weighted by atomic mass is 19.1. The second-order valence-electron chi connectivity index (χ2n) is 6.49. The fourth-order valence-corrected chi connectivity index (χ4v) is 3.20. The van der Waals surface area contributed by atoms with Crippen molar-refractivity contribution in [3.05, 3.63) is 35.6 Å². The van der Waals surface area contributed by atoms with E-state index >= 15 is 0 Å². The topological polar surface area (TPSA) is 79.0 Å². The molecule has 2 aliphatic heterocycles. The van der Waals surface area contributed by atoms with Gasteiger partial charge in [-0.1, -0.05) is 18.2 Å². The molecule has 1 aromatic carbocycles. The number of hydrogen-bond acceptors (Lipinski definition) is 4. The molecular weight excluding hydrogens is 341 g/mol. The maximum Gasteiger partial charge on any atom is 0.409 e. The quantitative estimate of drug-likeness (QED) is 0.822. The van der Waals surface area contributed by atoms with Crippen LogP contribution < -0.4 is 5.32 Å².